The fourth-order valence-corrected chi connectivity index (χ4v) is 4.02. The van der Waals surface area contributed by atoms with Gasteiger partial charge in [-0.1, -0.05) is 18.2 Å². The fraction of sp³-hybridized carbons (Fsp3) is 0.250. The molecule has 140 valence electrons. The van der Waals surface area contributed by atoms with E-state index < -0.39 is 0 Å². The molecule has 0 N–H and O–H groups in total. The Morgan fingerprint density at radius 3 is 2.52 bits per heavy atom. The van der Waals surface area contributed by atoms with Gasteiger partial charge in [0.25, 0.3) is 5.91 Å². The van der Waals surface area contributed by atoms with Crippen LogP contribution in [0.3, 0.4) is 0 Å². The highest BCUT2D eigenvalue weighted by Crippen LogP contribution is 2.41. The molecular formula is C20H18INO5. The Labute approximate surface area is 170 Å². The Bertz CT molecular complexity index is 942. The topological polar surface area (TPSA) is 57.2 Å². The summed E-state index contributed by atoms with van der Waals surface area (Å²) in [6, 6.07) is 9.02. The summed E-state index contributed by atoms with van der Waals surface area (Å²) in [7, 11) is 1.76. The van der Waals surface area contributed by atoms with Gasteiger partial charge >= 0.3 is 0 Å². The van der Waals surface area contributed by atoms with Crippen LogP contribution in [0.25, 0.3) is 0 Å². The molecule has 1 amide bonds. The molecule has 0 saturated carbocycles. The van der Waals surface area contributed by atoms with Gasteiger partial charge in [-0.3, -0.25) is 4.79 Å². The number of amides is 1. The number of hydrogen-bond acceptors (Lipinski definition) is 5. The highest BCUT2D eigenvalue weighted by atomic mass is 127. The van der Waals surface area contributed by atoms with Gasteiger partial charge in [0.05, 0.1) is 11.6 Å². The smallest absolute Gasteiger partial charge is 0.259 e. The summed E-state index contributed by atoms with van der Waals surface area (Å²) in [5.41, 5.74) is 2.24. The number of ether oxygens (including phenoxy) is 4. The van der Waals surface area contributed by atoms with Crippen LogP contribution in [0.1, 0.15) is 28.9 Å². The van der Waals surface area contributed by atoms with Crippen LogP contribution in [0, 0.1) is 3.57 Å². The molecule has 27 heavy (non-hydrogen) atoms. The molecule has 0 aromatic heterocycles. The molecule has 2 aliphatic heterocycles. The van der Waals surface area contributed by atoms with Crippen LogP contribution in [0.5, 0.6) is 23.0 Å². The Balaban J connectivity index is 1.71. The molecule has 0 unspecified atom stereocenters. The van der Waals surface area contributed by atoms with Crippen molar-refractivity contribution in [3.8, 4) is 23.0 Å². The number of carbonyl (C=O) groups is 1. The van der Waals surface area contributed by atoms with Gasteiger partial charge in [0.15, 0.2) is 23.0 Å². The number of hydrogen-bond donors (Lipinski definition) is 0. The first-order valence-corrected chi connectivity index (χ1v) is 9.45. The lowest BCUT2D eigenvalue weighted by atomic mass is 9.98. The summed E-state index contributed by atoms with van der Waals surface area (Å²) in [6.45, 7) is 6.32. The minimum Gasteiger partial charge on any atom is -0.454 e. The van der Waals surface area contributed by atoms with Crippen molar-refractivity contribution in [2.45, 2.75) is 13.0 Å². The standard InChI is InChI=1S/C20H18INO5/c1-11(2)18(12-4-6-14-16(8-12)26-9-24-14)22(3)20(23)17-13(21)5-7-15-19(17)27-10-25-15/h4-8,18H,1,9-10H2,2-3H3/t18-/m0/s1. The average molecular weight is 479 g/mol. The molecule has 4 rings (SSSR count). The number of halogens is 1. The van der Waals surface area contributed by atoms with Crippen molar-refractivity contribution in [1.29, 1.82) is 0 Å². The van der Waals surface area contributed by atoms with Gasteiger partial charge in [-0.25, -0.2) is 0 Å². The number of carbonyl (C=O) groups excluding carboxylic acids is 1. The van der Waals surface area contributed by atoms with Crippen LogP contribution in [0.4, 0.5) is 0 Å². The summed E-state index contributed by atoms with van der Waals surface area (Å²) in [5, 5.41) is 0. The van der Waals surface area contributed by atoms with E-state index in [1.807, 2.05) is 37.3 Å². The van der Waals surface area contributed by atoms with Gasteiger partial charge in [0, 0.05) is 10.6 Å². The Hall–Kier alpha value is -2.42. The zero-order valence-corrected chi connectivity index (χ0v) is 17.1. The van der Waals surface area contributed by atoms with Crippen LogP contribution in [-0.2, 0) is 0 Å². The summed E-state index contributed by atoms with van der Waals surface area (Å²) in [5.74, 6) is 2.29. The largest absolute Gasteiger partial charge is 0.454 e. The zero-order valence-electron chi connectivity index (χ0n) is 15.0. The van der Waals surface area contributed by atoms with Crippen molar-refractivity contribution < 1.29 is 23.7 Å². The van der Waals surface area contributed by atoms with Crippen molar-refractivity contribution in [3.05, 3.63) is 57.2 Å². The first-order valence-electron chi connectivity index (χ1n) is 8.37. The molecule has 0 spiro atoms. The zero-order chi connectivity index (χ0) is 19.1. The lowest BCUT2D eigenvalue weighted by Crippen LogP contribution is -2.32. The van der Waals surface area contributed by atoms with Gasteiger partial charge in [-0.2, -0.15) is 0 Å². The summed E-state index contributed by atoms with van der Waals surface area (Å²) >= 11 is 2.14. The van der Waals surface area contributed by atoms with E-state index in [1.54, 1.807) is 11.9 Å². The average Bonchev–Trinajstić information content (AvgIpc) is 3.29. The molecule has 0 radical (unpaired) electrons. The number of fused-ring (bicyclic) bond motifs is 2. The highest BCUT2D eigenvalue weighted by molar-refractivity contribution is 14.1. The van der Waals surface area contributed by atoms with E-state index in [9.17, 15) is 4.79 Å². The first-order chi connectivity index (χ1) is 13.0. The fourth-order valence-electron chi connectivity index (χ4n) is 3.36. The van der Waals surface area contributed by atoms with E-state index >= 15 is 0 Å². The Morgan fingerprint density at radius 2 is 1.74 bits per heavy atom. The van der Waals surface area contributed by atoms with Gasteiger partial charge < -0.3 is 23.8 Å². The van der Waals surface area contributed by atoms with Gasteiger partial charge in [-0.15, -0.1) is 0 Å². The molecule has 0 bridgehead atoms. The molecule has 2 aromatic rings. The maximum Gasteiger partial charge on any atom is 0.259 e. The highest BCUT2D eigenvalue weighted by Gasteiger charge is 2.31. The molecule has 0 aliphatic carbocycles. The second-order valence-electron chi connectivity index (χ2n) is 6.43. The third kappa shape index (κ3) is 3.09. The molecule has 1 atom stereocenters. The third-order valence-electron chi connectivity index (χ3n) is 4.59. The van der Waals surface area contributed by atoms with Crippen molar-refractivity contribution in [2.75, 3.05) is 20.6 Å². The Morgan fingerprint density at radius 1 is 1.07 bits per heavy atom. The number of nitrogens with zero attached hydrogens (tertiary/aromatic N) is 1. The molecular weight excluding hydrogens is 461 g/mol. The van der Waals surface area contributed by atoms with Gasteiger partial charge in [0.1, 0.15) is 0 Å². The van der Waals surface area contributed by atoms with E-state index in [4.69, 9.17) is 18.9 Å². The summed E-state index contributed by atoms with van der Waals surface area (Å²) in [6.07, 6.45) is 0. The van der Waals surface area contributed by atoms with Crippen LogP contribution in [-0.4, -0.2) is 31.4 Å². The third-order valence-corrected chi connectivity index (χ3v) is 5.49. The van der Waals surface area contributed by atoms with Crippen LogP contribution in [0.15, 0.2) is 42.5 Å². The molecule has 2 aliphatic rings. The van der Waals surface area contributed by atoms with Gasteiger partial charge in [0.2, 0.25) is 13.6 Å². The quantitative estimate of drug-likeness (QED) is 0.488. The predicted molar refractivity (Wildman–Crippen MR) is 107 cm³/mol. The molecule has 2 aromatic carbocycles. The predicted octanol–water partition coefficient (Wildman–Crippen LogP) is 4.14. The summed E-state index contributed by atoms with van der Waals surface area (Å²) in [4.78, 5) is 15.0. The second-order valence-corrected chi connectivity index (χ2v) is 7.60. The molecule has 2 heterocycles. The minimum absolute atomic E-state index is 0.117. The number of benzene rings is 2. The van der Waals surface area contributed by atoms with E-state index in [0.717, 1.165) is 14.7 Å². The van der Waals surface area contributed by atoms with Crippen molar-refractivity contribution in [3.63, 3.8) is 0 Å². The van der Waals surface area contributed by atoms with Crippen molar-refractivity contribution in [1.82, 2.24) is 4.90 Å². The monoisotopic (exact) mass is 479 g/mol. The van der Waals surface area contributed by atoms with E-state index in [-0.39, 0.29) is 25.5 Å². The molecule has 0 saturated heterocycles. The first kappa shape index (κ1) is 18.0. The van der Waals surface area contributed by atoms with E-state index in [2.05, 4.69) is 29.2 Å². The van der Waals surface area contributed by atoms with Crippen molar-refractivity contribution in [2.24, 2.45) is 0 Å². The van der Waals surface area contributed by atoms with E-state index in [0.29, 0.717) is 28.6 Å². The van der Waals surface area contributed by atoms with Gasteiger partial charge in [-0.05, 0) is 59.3 Å². The SMILES string of the molecule is C=C(C)[C@@H](c1ccc2c(c1)OCO2)N(C)C(=O)c1c(I)ccc2c1OCO2. The molecule has 0 fully saturated rings. The normalized spacial score (nSPS) is 14.8. The van der Waals surface area contributed by atoms with Crippen molar-refractivity contribution >= 4 is 28.5 Å². The second kappa shape index (κ2) is 6.95. The maximum atomic E-state index is 13.4. The van der Waals surface area contributed by atoms with Crippen LogP contribution in [0.2, 0.25) is 0 Å². The number of likely N-dealkylation sites (N-methyl/N-ethyl adjacent to an activating group) is 1. The van der Waals surface area contributed by atoms with Crippen LogP contribution < -0.4 is 18.9 Å². The van der Waals surface area contributed by atoms with E-state index in [1.165, 1.54) is 0 Å². The molecule has 6 nitrogen and oxygen atoms in total. The lowest BCUT2D eigenvalue weighted by molar-refractivity contribution is 0.0747. The Kier molecular flexibility index (Phi) is 4.63. The lowest BCUT2D eigenvalue weighted by Gasteiger charge is -2.30. The summed E-state index contributed by atoms with van der Waals surface area (Å²) < 4.78 is 22.6. The molecule has 7 heteroatoms. The van der Waals surface area contributed by atoms with Crippen LogP contribution >= 0.6 is 22.6 Å². The maximum absolute atomic E-state index is 13.4. The minimum atomic E-state index is -0.319. The number of rotatable bonds is 4.